The second kappa shape index (κ2) is 4.26. The molecule has 104 valence electrons. The molecule has 0 unspecified atom stereocenters. The van der Waals surface area contributed by atoms with Crippen LogP contribution in [0.3, 0.4) is 0 Å². The number of hydrogen-bond acceptors (Lipinski definition) is 5. The van der Waals surface area contributed by atoms with E-state index in [-0.39, 0.29) is 28.5 Å². The van der Waals surface area contributed by atoms with E-state index in [9.17, 15) is 0 Å². The van der Waals surface area contributed by atoms with Gasteiger partial charge < -0.3 is 23.7 Å². The van der Waals surface area contributed by atoms with Crippen LogP contribution in [0.5, 0.6) is 0 Å². The van der Waals surface area contributed by atoms with Crippen LogP contribution in [-0.2, 0) is 23.7 Å². The molecule has 3 fully saturated rings. The van der Waals surface area contributed by atoms with Crippen LogP contribution in [-0.4, -0.2) is 46.7 Å². The Balaban J connectivity index is 1.68. The van der Waals surface area contributed by atoms with Gasteiger partial charge in [-0.15, -0.1) is 0 Å². The van der Waals surface area contributed by atoms with Crippen LogP contribution in [0, 0.1) is 0 Å². The lowest BCUT2D eigenvalue weighted by atomic mass is 10.1. The summed E-state index contributed by atoms with van der Waals surface area (Å²) in [5.41, 5.74) is 0. The van der Waals surface area contributed by atoms with Crippen LogP contribution in [0.1, 0.15) is 27.7 Å². The minimum Gasteiger partial charge on any atom is -0.348 e. The highest BCUT2D eigenvalue weighted by molar-refractivity contribution is 14.1. The van der Waals surface area contributed by atoms with Crippen LogP contribution >= 0.6 is 22.6 Å². The summed E-state index contributed by atoms with van der Waals surface area (Å²) in [5.74, 6) is -1.08. The van der Waals surface area contributed by atoms with Crippen molar-refractivity contribution >= 4 is 22.6 Å². The third-order valence-corrected chi connectivity index (χ3v) is 4.82. The van der Waals surface area contributed by atoms with Crippen LogP contribution in [0.25, 0.3) is 0 Å². The minimum absolute atomic E-state index is 0.0297. The maximum atomic E-state index is 5.95. The molecule has 0 amide bonds. The monoisotopic (exact) mass is 370 g/mol. The molecule has 5 nitrogen and oxygen atoms in total. The third kappa shape index (κ3) is 2.31. The molecule has 0 radical (unpaired) electrons. The summed E-state index contributed by atoms with van der Waals surface area (Å²) in [6.07, 6.45) is -0.418. The summed E-state index contributed by atoms with van der Waals surface area (Å²) in [7, 11) is 0. The van der Waals surface area contributed by atoms with E-state index in [1.54, 1.807) is 0 Å². The Labute approximate surface area is 121 Å². The van der Waals surface area contributed by atoms with Gasteiger partial charge in [0.2, 0.25) is 0 Å². The van der Waals surface area contributed by atoms with Gasteiger partial charge in [-0.2, -0.15) is 0 Å². The smallest absolute Gasteiger partial charge is 0.188 e. The van der Waals surface area contributed by atoms with Gasteiger partial charge in [0.1, 0.15) is 18.3 Å². The van der Waals surface area contributed by atoms with E-state index in [1.165, 1.54) is 0 Å². The molecule has 18 heavy (non-hydrogen) atoms. The predicted octanol–water partition coefficient (Wildman–Crippen LogP) is 1.82. The van der Waals surface area contributed by atoms with Gasteiger partial charge in [-0.25, -0.2) is 0 Å². The second-order valence-electron chi connectivity index (χ2n) is 5.88. The van der Waals surface area contributed by atoms with Gasteiger partial charge in [-0.05, 0) is 27.7 Å². The molecule has 0 saturated carbocycles. The predicted molar refractivity (Wildman–Crippen MR) is 71.4 cm³/mol. The first kappa shape index (κ1) is 13.5. The Hall–Kier alpha value is 0.530. The van der Waals surface area contributed by atoms with Gasteiger partial charge in [0.05, 0.1) is 10.5 Å². The maximum absolute atomic E-state index is 5.95. The molecule has 3 aliphatic rings. The van der Waals surface area contributed by atoms with Crippen molar-refractivity contribution in [3.8, 4) is 0 Å². The van der Waals surface area contributed by atoms with E-state index < -0.39 is 11.6 Å². The quantitative estimate of drug-likeness (QED) is 0.521. The zero-order valence-corrected chi connectivity index (χ0v) is 13.2. The van der Waals surface area contributed by atoms with E-state index >= 15 is 0 Å². The lowest BCUT2D eigenvalue weighted by Crippen LogP contribution is -2.39. The Kier molecular flexibility index (Phi) is 3.20. The van der Waals surface area contributed by atoms with Crippen LogP contribution in [0.2, 0.25) is 0 Å². The van der Waals surface area contributed by atoms with E-state index in [2.05, 4.69) is 22.6 Å². The molecule has 3 heterocycles. The van der Waals surface area contributed by atoms with Crippen molar-refractivity contribution < 1.29 is 23.7 Å². The van der Waals surface area contributed by atoms with Gasteiger partial charge >= 0.3 is 0 Å². The summed E-state index contributed by atoms with van der Waals surface area (Å²) in [6.45, 7) is 8.21. The first-order valence-corrected chi connectivity index (χ1v) is 7.49. The molecule has 5 atom stereocenters. The third-order valence-electron chi connectivity index (χ3n) is 3.40. The van der Waals surface area contributed by atoms with Crippen molar-refractivity contribution in [2.45, 2.75) is 67.8 Å². The zero-order valence-electron chi connectivity index (χ0n) is 11.0. The fourth-order valence-corrected chi connectivity index (χ4v) is 3.78. The van der Waals surface area contributed by atoms with E-state index in [0.29, 0.717) is 6.61 Å². The number of hydrogen-bond donors (Lipinski definition) is 0. The lowest BCUT2D eigenvalue weighted by molar-refractivity contribution is -0.219. The van der Waals surface area contributed by atoms with E-state index in [4.69, 9.17) is 23.7 Å². The molecule has 0 N–H and O–H groups in total. The summed E-state index contributed by atoms with van der Waals surface area (Å²) < 4.78 is 29.2. The number of fused-ring (bicyclic) bond motifs is 1. The highest BCUT2D eigenvalue weighted by atomic mass is 127. The molecule has 0 spiro atoms. The molecule has 0 aromatic heterocycles. The molecule has 0 aliphatic carbocycles. The molecule has 0 aromatic rings. The standard InChI is InChI=1S/C12H19IO5/c1-11(2)14-5-6(16-11)8-7(13)9-10(15-8)18-12(3,4)17-9/h6-10H,5H2,1-4H3/t6-,7-,8+,9-,10-/m1/s1. The van der Waals surface area contributed by atoms with Gasteiger partial charge in [0.25, 0.3) is 0 Å². The largest absolute Gasteiger partial charge is 0.348 e. The normalized spacial score (nSPS) is 49.5. The number of halogens is 1. The van der Waals surface area contributed by atoms with Crippen molar-refractivity contribution in [1.82, 2.24) is 0 Å². The fraction of sp³-hybridized carbons (Fsp3) is 1.00. The summed E-state index contributed by atoms with van der Waals surface area (Å²) in [4.78, 5) is 0. The highest BCUT2D eigenvalue weighted by Gasteiger charge is 2.57. The first-order valence-electron chi connectivity index (χ1n) is 6.24. The molecule has 0 bridgehead atoms. The van der Waals surface area contributed by atoms with Gasteiger partial charge in [-0.1, -0.05) is 22.6 Å². The van der Waals surface area contributed by atoms with Crippen molar-refractivity contribution in [2.75, 3.05) is 6.61 Å². The van der Waals surface area contributed by atoms with Crippen molar-refractivity contribution in [1.29, 1.82) is 0 Å². The van der Waals surface area contributed by atoms with E-state index in [1.807, 2.05) is 27.7 Å². The summed E-state index contributed by atoms with van der Waals surface area (Å²) in [6, 6.07) is 0. The van der Waals surface area contributed by atoms with Crippen molar-refractivity contribution in [3.63, 3.8) is 0 Å². The number of alkyl halides is 1. The summed E-state index contributed by atoms with van der Waals surface area (Å²) >= 11 is 2.36. The molecule has 3 aliphatic heterocycles. The summed E-state index contributed by atoms with van der Waals surface area (Å²) in [5, 5.41) is 0. The molecule has 3 rings (SSSR count). The van der Waals surface area contributed by atoms with Crippen LogP contribution in [0.4, 0.5) is 0 Å². The van der Waals surface area contributed by atoms with E-state index in [0.717, 1.165) is 0 Å². The Bertz CT molecular complexity index is 345. The Morgan fingerprint density at radius 3 is 2.22 bits per heavy atom. The average molecular weight is 370 g/mol. The Morgan fingerprint density at radius 1 is 0.944 bits per heavy atom. The molecular weight excluding hydrogens is 351 g/mol. The second-order valence-corrected chi connectivity index (χ2v) is 7.32. The number of rotatable bonds is 1. The maximum Gasteiger partial charge on any atom is 0.188 e. The molecule has 3 saturated heterocycles. The van der Waals surface area contributed by atoms with Crippen molar-refractivity contribution in [2.24, 2.45) is 0 Å². The van der Waals surface area contributed by atoms with Gasteiger partial charge in [0.15, 0.2) is 17.9 Å². The van der Waals surface area contributed by atoms with Crippen molar-refractivity contribution in [3.05, 3.63) is 0 Å². The SMILES string of the molecule is CC1(C)O[C@H]2O[C@@H]([C@H]3COC(C)(C)O3)[C@@H](I)[C@H]2O1. The molecule has 0 aromatic carbocycles. The van der Waals surface area contributed by atoms with Gasteiger partial charge in [0, 0.05) is 0 Å². The average Bonchev–Trinajstić information content (AvgIpc) is 2.81. The highest BCUT2D eigenvalue weighted by Crippen LogP contribution is 2.43. The minimum atomic E-state index is -0.559. The van der Waals surface area contributed by atoms with Crippen LogP contribution < -0.4 is 0 Å². The lowest BCUT2D eigenvalue weighted by Gasteiger charge is -2.26. The Morgan fingerprint density at radius 2 is 1.67 bits per heavy atom. The zero-order chi connectivity index (χ0) is 13.1. The topological polar surface area (TPSA) is 46.2 Å². The van der Waals surface area contributed by atoms with Gasteiger partial charge in [-0.3, -0.25) is 0 Å². The molecular formula is C12H19IO5. The van der Waals surface area contributed by atoms with Crippen LogP contribution in [0.15, 0.2) is 0 Å². The molecule has 6 heteroatoms. The first-order chi connectivity index (χ1) is 8.27. The fourth-order valence-electron chi connectivity index (χ4n) is 2.67. The number of ether oxygens (including phenoxy) is 5.